The molecule has 0 atom stereocenters. The Balaban J connectivity index is 1.70. The molecule has 4 rings (SSSR count). The van der Waals surface area contributed by atoms with E-state index >= 15 is 0 Å². The van der Waals surface area contributed by atoms with Gasteiger partial charge in [-0.15, -0.1) is 11.3 Å². The molecule has 6 nitrogen and oxygen atoms in total. The van der Waals surface area contributed by atoms with Gasteiger partial charge >= 0.3 is 0 Å². The maximum absolute atomic E-state index is 13.1. The fraction of sp³-hybridized carbons (Fsp3) is 0.182. The van der Waals surface area contributed by atoms with E-state index < -0.39 is 4.92 Å². The molecule has 2 aromatic carbocycles. The molecule has 0 saturated heterocycles. The average molecular weight is 440 g/mol. The predicted octanol–water partition coefficient (Wildman–Crippen LogP) is 6.19. The molecule has 0 fully saturated rings. The maximum atomic E-state index is 13.1. The van der Waals surface area contributed by atoms with Crippen LogP contribution in [0.5, 0.6) is 0 Å². The Morgan fingerprint density at radius 3 is 2.63 bits per heavy atom. The highest BCUT2D eigenvalue weighted by molar-refractivity contribution is 7.16. The first-order valence-corrected chi connectivity index (χ1v) is 10.7. The highest BCUT2D eigenvalue weighted by Crippen LogP contribution is 2.40. The molecule has 1 aromatic heterocycles. The summed E-state index contributed by atoms with van der Waals surface area (Å²) in [6.45, 7) is 0. The van der Waals surface area contributed by atoms with Crippen LogP contribution in [0.2, 0.25) is 5.02 Å². The number of hydrogen-bond acceptors (Lipinski definition) is 5. The minimum absolute atomic E-state index is 0.0188. The lowest BCUT2D eigenvalue weighted by molar-refractivity contribution is -0.385. The van der Waals surface area contributed by atoms with Crippen molar-refractivity contribution in [2.75, 3.05) is 5.32 Å². The third-order valence-electron chi connectivity index (χ3n) is 4.94. The smallest absolute Gasteiger partial charge is 0.278 e. The summed E-state index contributed by atoms with van der Waals surface area (Å²) in [5, 5.41) is 15.4. The van der Waals surface area contributed by atoms with Crippen LogP contribution in [0, 0.1) is 10.1 Å². The molecule has 1 N–H and O–H groups in total. The molecule has 0 bridgehead atoms. The Labute approximate surface area is 182 Å². The summed E-state index contributed by atoms with van der Waals surface area (Å²) >= 11 is 7.41. The van der Waals surface area contributed by atoms with Crippen molar-refractivity contribution in [1.29, 1.82) is 0 Å². The monoisotopic (exact) mass is 439 g/mol. The molecule has 0 saturated carbocycles. The Hall–Kier alpha value is -3.03. The number of para-hydroxylation sites is 1. The van der Waals surface area contributed by atoms with E-state index in [4.69, 9.17) is 11.6 Å². The van der Waals surface area contributed by atoms with Crippen molar-refractivity contribution in [3.63, 3.8) is 0 Å². The van der Waals surface area contributed by atoms with Crippen molar-refractivity contribution < 1.29 is 9.72 Å². The number of anilines is 1. The number of aliphatic imine (C=N–C) groups is 1. The zero-order chi connectivity index (χ0) is 21.1. The molecule has 0 spiro atoms. The zero-order valence-corrected chi connectivity index (χ0v) is 17.5. The number of hydrogen-bond donors (Lipinski definition) is 1. The van der Waals surface area contributed by atoms with Crippen LogP contribution in [-0.4, -0.2) is 17.0 Å². The van der Waals surface area contributed by atoms with E-state index in [1.807, 2.05) is 0 Å². The van der Waals surface area contributed by atoms with Crippen molar-refractivity contribution in [3.05, 3.63) is 85.2 Å². The molecule has 1 aliphatic carbocycles. The molecule has 152 valence electrons. The molecule has 1 aliphatic rings. The number of nitrogens with one attached hydrogen (secondary N) is 1. The SMILES string of the molecule is O=C(Nc1ccc(Cl)cc1)c1c(/N=C/c2ccccc2[N+](=O)[O-])sc2c1CCCC2. The van der Waals surface area contributed by atoms with Gasteiger partial charge in [-0.25, -0.2) is 4.99 Å². The third-order valence-corrected chi connectivity index (χ3v) is 6.39. The van der Waals surface area contributed by atoms with E-state index in [1.54, 1.807) is 42.5 Å². The van der Waals surface area contributed by atoms with Gasteiger partial charge in [0.1, 0.15) is 5.00 Å². The number of nitro groups is 1. The van der Waals surface area contributed by atoms with E-state index in [9.17, 15) is 14.9 Å². The lowest BCUT2D eigenvalue weighted by Crippen LogP contribution is -2.14. The van der Waals surface area contributed by atoms with E-state index in [2.05, 4.69) is 10.3 Å². The van der Waals surface area contributed by atoms with Gasteiger partial charge in [-0.1, -0.05) is 23.7 Å². The maximum Gasteiger partial charge on any atom is 0.278 e. The van der Waals surface area contributed by atoms with E-state index in [1.165, 1.54) is 23.6 Å². The Morgan fingerprint density at radius 2 is 1.87 bits per heavy atom. The number of halogens is 1. The number of carbonyl (C=O) groups excluding carboxylic acids is 1. The number of aryl methyl sites for hydroxylation is 1. The number of thiophene rings is 1. The lowest BCUT2D eigenvalue weighted by atomic mass is 9.95. The molecule has 3 aromatic rings. The summed E-state index contributed by atoms with van der Waals surface area (Å²) in [5.74, 6) is -0.230. The van der Waals surface area contributed by atoms with Crippen LogP contribution in [0.3, 0.4) is 0 Å². The fourth-order valence-corrected chi connectivity index (χ4v) is 4.85. The largest absolute Gasteiger partial charge is 0.322 e. The van der Waals surface area contributed by atoms with Crippen molar-refractivity contribution >= 4 is 51.4 Å². The summed E-state index contributed by atoms with van der Waals surface area (Å²) in [7, 11) is 0. The normalized spacial score (nSPS) is 13.2. The second-order valence-electron chi connectivity index (χ2n) is 6.93. The Bertz CT molecular complexity index is 1140. The summed E-state index contributed by atoms with van der Waals surface area (Å²) < 4.78 is 0. The predicted molar refractivity (Wildman–Crippen MR) is 121 cm³/mol. The number of nitro benzene ring substituents is 1. The Kier molecular flexibility index (Phi) is 5.92. The first-order chi connectivity index (χ1) is 14.5. The number of amides is 1. The topological polar surface area (TPSA) is 84.6 Å². The van der Waals surface area contributed by atoms with Crippen LogP contribution >= 0.6 is 22.9 Å². The third kappa shape index (κ3) is 4.27. The first-order valence-electron chi connectivity index (χ1n) is 9.52. The number of carbonyl (C=O) groups is 1. The van der Waals surface area contributed by atoms with Gasteiger partial charge in [-0.2, -0.15) is 0 Å². The fourth-order valence-electron chi connectivity index (χ4n) is 3.49. The summed E-state index contributed by atoms with van der Waals surface area (Å²) in [6.07, 6.45) is 5.32. The van der Waals surface area contributed by atoms with Crippen LogP contribution in [0.15, 0.2) is 53.5 Å². The first kappa shape index (κ1) is 20.3. The van der Waals surface area contributed by atoms with Crippen molar-refractivity contribution in [1.82, 2.24) is 0 Å². The number of nitrogens with zero attached hydrogens (tertiary/aromatic N) is 2. The highest BCUT2D eigenvalue weighted by atomic mass is 35.5. The van der Waals surface area contributed by atoms with Gasteiger partial charge in [0.2, 0.25) is 0 Å². The molecular formula is C22H18ClN3O3S. The molecule has 1 amide bonds. The van der Waals surface area contributed by atoms with Crippen LogP contribution in [-0.2, 0) is 12.8 Å². The van der Waals surface area contributed by atoms with Gasteiger partial charge in [0.15, 0.2) is 0 Å². The molecule has 0 radical (unpaired) electrons. The molecule has 30 heavy (non-hydrogen) atoms. The molecule has 8 heteroatoms. The quantitative estimate of drug-likeness (QED) is 0.292. The zero-order valence-electron chi connectivity index (χ0n) is 15.9. The van der Waals surface area contributed by atoms with Gasteiger partial charge in [0.05, 0.1) is 16.1 Å². The highest BCUT2D eigenvalue weighted by Gasteiger charge is 2.25. The van der Waals surface area contributed by atoms with Crippen molar-refractivity contribution in [2.24, 2.45) is 4.99 Å². The van der Waals surface area contributed by atoms with Crippen molar-refractivity contribution in [2.45, 2.75) is 25.7 Å². The standard InChI is InChI=1S/C22H18ClN3O3S/c23-15-9-11-16(12-10-15)25-21(27)20-17-6-2-4-8-19(17)30-22(20)24-13-14-5-1-3-7-18(14)26(28)29/h1,3,5,7,9-13H,2,4,6,8H2,(H,25,27)/b24-13+. The van der Waals surface area contributed by atoms with Gasteiger partial charge in [-0.05, 0) is 61.6 Å². The second kappa shape index (κ2) is 8.77. The van der Waals surface area contributed by atoms with Crippen LogP contribution in [0.1, 0.15) is 39.2 Å². The second-order valence-corrected chi connectivity index (χ2v) is 8.45. The number of benzene rings is 2. The summed E-state index contributed by atoms with van der Waals surface area (Å²) in [6, 6.07) is 13.3. The summed E-state index contributed by atoms with van der Waals surface area (Å²) in [5.41, 5.74) is 2.62. The molecular weight excluding hydrogens is 422 g/mol. The Morgan fingerprint density at radius 1 is 1.13 bits per heavy atom. The molecule has 1 heterocycles. The van der Waals surface area contributed by atoms with Gasteiger partial charge in [0, 0.05) is 27.9 Å². The number of fused-ring (bicyclic) bond motifs is 1. The van der Waals surface area contributed by atoms with Crippen LogP contribution < -0.4 is 5.32 Å². The lowest BCUT2D eigenvalue weighted by Gasteiger charge is -2.12. The number of rotatable bonds is 5. The summed E-state index contributed by atoms with van der Waals surface area (Å²) in [4.78, 5) is 29.6. The van der Waals surface area contributed by atoms with E-state index in [0.29, 0.717) is 26.8 Å². The van der Waals surface area contributed by atoms with Crippen molar-refractivity contribution in [3.8, 4) is 0 Å². The van der Waals surface area contributed by atoms with Crippen LogP contribution in [0.4, 0.5) is 16.4 Å². The minimum Gasteiger partial charge on any atom is -0.322 e. The minimum atomic E-state index is -0.436. The van der Waals surface area contributed by atoms with Gasteiger partial charge in [0.25, 0.3) is 11.6 Å². The van der Waals surface area contributed by atoms with E-state index in [0.717, 1.165) is 36.1 Å². The van der Waals surface area contributed by atoms with Gasteiger partial charge in [-0.3, -0.25) is 14.9 Å². The van der Waals surface area contributed by atoms with Gasteiger partial charge < -0.3 is 5.32 Å². The average Bonchev–Trinajstić information content (AvgIpc) is 3.12. The van der Waals surface area contributed by atoms with E-state index in [-0.39, 0.29) is 11.6 Å². The molecule has 0 aliphatic heterocycles. The van der Waals surface area contributed by atoms with Crippen LogP contribution in [0.25, 0.3) is 0 Å². The molecule has 0 unspecified atom stereocenters.